The number of rotatable bonds is 2. The van der Waals surface area contributed by atoms with Crippen LogP contribution in [0.5, 0.6) is 0 Å². The van der Waals surface area contributed by atoms with Gasteiger partial charge in [-0.25, -0.2) is 0 Å². The summed E-state index contributed by atoms with van der Waals surface area (Å²) >= 11 is 1.93. The van der Waals surface area contributed by atoms with E-state index in [0.29, 0.717) is 0 Å². The first-order valence-corrected chi connectivity index (χ1v) is 16.3. The summed E-state index contributed by atoms with van der Waals surface area (Å²) in [5.41, 5.74) is 5.14. The smallest absolute Gasteiger partial charge is 0.0440 e. The molecule has 0 saturated heterocycles. The molecule has 208 valence electrons. The van der Waals surface area contributed by atoms with Crippen molar-refractivity contribution in [1.29, 1.82) is 0 Å². The predicted molar refractivity (Wildman–Crippen MR) is 198 cm³/mol. The Morgan fingerprint density at radius 2 is 0.800 bits per heavy atom. The van der Waals surface area contributed by atoms with E-state index in [-0.39, 0.29) is 0 Å². The fourth-order valence-corrected chi connectivity index (χ4v) is 8.77. The summed E-state index contributed by atoms with van der Waals surface area (Å²) in [5.74, 6) is 0. The highest BCUT2D eigenvalue weighted by molar-refractivity contribution is 7.26. The molecule has 0 radical (unpaired) electrons. The zero-order valence-corrected chi connectivity index (χ0v) is 25.2. The van der Waals surface area contributed by atoms with Gasteiger partial charge in [0.2, 0.25) is 0 Å². The zero-order chi connectivity index (χ0) is 29.5. The minimum absolute atomic E-state index is 1.26. The quantitative estimate of drug-likeness (QED) is 0.177. The molecule has 9 aromatic carbocycles. The Labute approximate surface area is 264 Å². The van der Waals surface area contributed by atoms with Crippen LogP contribution in [0.1, 0.15) is 0 Å². The third-order valence-electron chi connectivity index (χ3n) is 9.57. The predicted octanol–water partition coefficient (Wildman–Crippen LogP) is 13.2. The first-order valence-electron chi connectivity index (χ1n) is 15.5. The number of hydrogen-bond donors (Lipinski definition) is 0. The molecule has 0 bridgehead atoms. The van der Waals surface area contributed by atoms with E-state index in [4.69, 9.17) is 0 Å². The van der Waals surface area contributed by atoms with Gasteiger partial charge in [0.05, 0.1) is 0 Å². The normalized spacial score (nSPS) is 12.0. The average molecular weight is 587 g/mol. The molecule has 0 atom stereocenters. The van der Waals surface area contributed by atoms with Gasteiger partial charge in [0.1, 0.15) is 0 Å². The highest BCUT2D eigenvalue weighted by Gasteiger charge is 2.21. The molecule has 0 N–H and O–H groups in total. The largest absolute Gasteiger partial charge is 0.134 e. The fourth-order valence-electron chi connectivity index (χ4n) is 7.48. The molecule has 0 aliphatic rings. The van der Waals surface area contributed by atoms with Gasteiger partial charge in [-0.1, -0.05) is 133 Å². The molecular weight excluding hydrogens is 561 g/mol. The maximum atomic E-state index is 2.39. The summed E-state index contributed by atoms with van der Waals surface area (Å²) < 4.78 is 2.69. The third-order valence-corrected chi connectivity index (χ3v) is 10.8. The van der Waals surface area contributed by atoms with Crippen LogP contribution in [-0.4, -0.2) is 0 Å². The Bertz CT molecular complexity index is 2820. The molecule has 1 heterocycles. The first kappa shape index (κ1) is 24.9. The number of hydrogen-bond acceptors (Lipinski definition) is 1. The van der Waals surface area contributed by atoms with Gasteiger partial charge >= 0.3 is 0 Å². The molecule has 0 unspecified atom stereocenters. The highest BCUT2D eigenvalue weighted by Crippen LogP contribution is 2.50. The Morgan fingerprint density at radius 1 is 0.311 bits per heavy atom. The van der Waals surface area contributed by atoms with Crippen molar-refractivity contribution in [2.75, 3.05) is 0 Å². The van der Waals surface area contributed by atoms with Gasteiger partial charge in [0.15, 0.2) is 0 Å². The lowest BCUT2D eigenvalue weighted by molar-refractivity contribution is 1.69. The second-order valence-corrected chi connectivity index (χ2v) is 13.1. The van der Waals surface area contributed by atoms with Crippen LogP contribution >= 0.6 is 11.3 Å². The zero-order valence-electron chi connectivity index (χ0n) is 24.4. The minimum atomic E-state index is 1.26. The van der Waals surface area contributed by atoms with E-state index in [1.54, 1.807) is 0 Å². The molecule has 0 aliphatic heterocycles. The SMILES string of the molecule is c1ccc2cc(-c3c4ccccc4c(-c4ccc5ccccc5c4)c4c3ccc3c5cc6ccccc6cc5sc34)ccc2c1. The van der Waals surface area contributed by atoms with Crippen molar-refractivity contribution >= 4 is 85.4 Å². The van der Waals surface area contributed by atoms with E-state index in [2.05, 4.69) is 158 Å². The van der Waals surface area contributed by atoms with E-state index < -0.39 is 0 Å². The molecule has 0 nitrogen and oxygen atoms in total. The van der Waals surface area contributed by atoms with E-state index in [0.717, 1.165) is 0 Å². The molecule has 1 aromatic heterocycles. The Kier molecular flexibility index (Phi) is 5.25. The van der Waals surface area contributed by atoms with Crippen molar-refractivity contribution < 1.29 is 0 Å². The summed E-state index contributed by atoms with van der Waals surface area (Å²) in [7, 11) is 0. The standard InChI is InChI=1S/C44H26S/c1-3-11-29-23-33(19-17-27(29)9-1)41-35-15-7-8-16-36(35)42(34-20-18-28-10-2-4-12-30(28)24-34)43-38(41)22-21-37-39-25-31-13-5-6-14-32(31)26-40(39)45-44(37)43/h1-26H. The summed E-state index contributed by atoms with van der Waals surface area (Å²) in [4.78, 5) is 0. The molecule has 0 fully saturated rings. The molecule has 10 aromatic rings. The lowest BCUT2D eigenvalue weighted by Crippen LogP contribution is -1.91. The Hall–Kier alpha value is -5.50. The van der Waals surface area contributed by atoms with E-state index in [1.807, 2.05) is 11.3 Å². The molecule has 45 heavy (non-hydrogen) atoms. The summed E-state index contributed by atoms with van der Waals surface area (Å²) in [6, 6.07) is 58.6. The number of thiophene rings is 1. The lowest BCUT2D eigenvalue weighted by Gasteiger charge is -2.19. The van der Waals surface area contributed by atoms with Crippen molar-refractivity contribution in [3.63, 3.8) is 0 Å². The first-order chi connectivity index (χ1) is 22.3. The minimum Gasteiger partial charge on any atom is -0.134 e. The van der Waals surface area contributed by atoms with E-state index in [1.165, 1.54) is 96.3 Å². The molecule has 0 spiro atoms. The van der Waals surface area contributed by atoms with Crippen molar-refractivity contribution in [3.05, 3.63) is 158 Å². The van der Waals surface area contributed by atoms with E-state index >= 15 is 0 Å². The fraction of sp³-hybridized carbons (Fsp3) is 0. The third kappa shape index (κ3) is 3.72. The molecule has 10 rings (SSSR count). The molecule has 0 saturated carbocycles. The van der Waals surface area contributed by atoms with Gasteiger partial charge in [0, 0.05) is 25.6 Å². The number of benzene rings is 9. The summed E-state index contributed by atoms with van der Waals surface area (Å²) in [6.07, 6.45) is 0. The van der Waals surface area contributed by atoms with Gasteiger partial charge in [-0.15, -0.1) is 11.3 Å². The molecule has 0 amide bonds. The lowest BCUT2D eigenvalue weighted by atomic mass is 9.84. The average Bonchev–Trinajstić information content (AvgIpc) is 3.46. The van der Waals surface area contributed by atoms with Crippen LogP contribution in [0.3, 0.4) is 0 Å². The second kappa shape index (κ2) is 9.50. The molecule has 0 aliphatic carbocycles. The van der Waals surface area contributed by atoms with Gasteiger partial charge in [-0.3, -0.25) is 0 Å². The van der Waals surface area contributed by atoms with Gasteiger partial charge in [0.25, 0.3) is 0 Å². The van der Waals surface area contributed by atoms with Crippen LogP contribution in [-0.2, 0) is 0 Å². The van der Waals surface area contributed by atoms with Crippen molar-refractivity contribution in [2.45, 2.75) is 0 Å². The Morgan fingerprint density at radius 3 is 1.44 bits per heavy atom. The van der Waals surface area contributed by atoms with Gasteiger partial charge in [-0.05, 0) is 95.0 Å². The highest BCUT2D eigenvalue weighted by atomic mass is 32.1. The maximum absolute atomic E-state index is 2.39. The van der Waals surface area contributed by atoms with Crippen molar-refractivity contribution in [2.24, 2.45) is 0 Å². The topological polar surface area (TPSA) is 0 Å². The van der Waals surface area contributed by atoms with Crippen LogP contribution in [0.15, 0.2) is 158 Å². The molecular formula is C44H26S. The van der Waals surface area contributed by atoms with E-state index in [9.17, 15) is 0 Å². The second-order valence-electron chi connectivity index (χ2n) is 12.1. The van der Waals surface area contributed by atoms with Gasteiger partial charge < -0.3 is 0 Å². The van der Waals surface area contributed by atoms with Crippen LogP contribution in [0, 0.1) is 0 Å². The van der Waals surface area contributed by atoms with Crippen LogP contribution in [0.25, 0.3) is 96.3 Å². The monoisotopic (exact) mass is 586 g/mol. The summed E-state index contributed by atoms with van der Waals surface area (Å²) in [6.45, 7) is 0. The van der Waals surface area contributed by atoms with Crippen LogP contribution in [0.4, 0.5) is 0 Å². The maximum Gasteiger partial charge on any atom is 0.0440 e. The van der Waals surface area contributed by atoms with Crippen LogP contribution in [0.2, 0.25) is 0 Å². The van der Waals surface area contributed by atoms with Crippen LogP contribution < -0.4 is 0 Å². The molecule has 1 heteroatoms. The Balaban J connectivity index is 1.42. The van der Waals surface area contributed by atoms with Crippen molar-refractivity contribution in [1.82, 2.24) is 0 Å². The van der Waals surface area contributed by atoms with Crippen molar-refractivity contribution in [3.8, 4) is 22.3 Å². The summed E-state index contributed by atoms with van der Waals surface area (Å²) in [5, 5.41) is 15.5. The van der Waals surface area contributed by atoms with Gasteiger partial charge in [-0.2, -0.15) is 0 Å². The number of fused-ring (bicyclic) bond motifs is 9.